The van der Waals surface area contributed by atoms with Gasteiger partial charge in [-0.25, -0.2) is 0 Å². The van der Waals surface area contributed by atoms with Crippen molar-refractivity contribution in [2.75, 3.05) is 0 Å². The zero-order valence-electron chi connectivity index (χ0n) is 21.9. The van der Waals surface area contributed by atoms with Gasteiger partial charge in [0.2, 0.25) is 0 Å². The lowest BCUT2D eigenvalue weighted by Gasteiger charge is -2.30. The Morgan fingerprint density at radius 2 is 1.33 bits per heavy atom. The molecule has 0 spiro atoms. The standard InChI is InChI=1S/C29H52O/c1-10-12-14-15-18-23(17-13-11-2)19-16-20-24-21-25(28(4,5)6)27(30)26(22(24)3)29(7,8)9/h21,23,30H,10-20H2,1-9H3. The molecule has 0 saturated carbocycles. The van der Waals surface area contributed by atoms with Crippen molar-refractivity contribution in [3.05, 3.63) is 28.3 Å². The third kappa shape index (κ3) is 8.27. The van der Waals surface area contributed by atoms with Crippen LogP contribution in [0.25, 0.3) is 0 Å². The van der Waals surface area contributed by atoms with Gasteiger partial charge in [-0.15, -0.1) is 0 Å². The van der Waals surface area contributed by atoms with Gasteiger partial charge in [-0.05, 0) is 53.2 Å². The molecule has 1 aromatic rings. The lowest BCUT2D eigenvalue weighted by molar-refractivity contribution is 0.378. The molecule has 1 rings (SSSR count). The molecule has 30 heavy (non-hydrogen) atoms. The monoisotopic (exact) mass is 416 g/mol. The van der Waals surface area contributed by atoms with E-state index < -0.39 is 0 Å². The number of unbranched alkanes of at least 4 members (excludes halogenated alkanes) is 4. The second kappa shape index (κ2) is 12.2. The van der Waals surface area contributed by atoms with Gasteiger partial charge in [0.15, 0.2) is 0 Å². The van der Waals surface area contributed by atoms with Crippen molar-refractivity contribution >= 4 is 0 Å². The Kier molecular flexibility index (Phi) is 11.0. The molecule has 1 N–H and O–H groups in total. The van der Waals surface area contributed by atoms with Gasteiger partial charge in [-0.3, -0.25) is 0 Å². The quantitative estimate of drug-likeness (QED) is 0.336. The number of aryl methyl sites for hydroxylation is 1. The number of aromatic hydroxyl groups is 1. The van der Waals surface area contributed by atoms with E-state index in [2.05, 4.69) is 68.4 Å². The Morgan fingerprint density at radius 3 is 1.87 bits per heavy atom. The van der Waals surface area contributed by atoms with Crippen molar-refractivity contribution in [3.63, 3.8) is 0 Å². The van der Waals surface area contributed by atoms with Crippen molar-refractivity contribution in [1.29, 1.82) is 0 Å². The van der Waals surface area contributed by atoms with Crippen LogP contribution < -0.4 is 0 Å². The van der Waals surface area contributed by atoms with Crippen LogP contribution in [0.2, 0.25) is 0 Å². The molecule has 1 nitrogen and oxygen atoms in total. The molecular formula is C29H52O. The number of rotatable bonds is 12. The van der Waals surface area contributed by atoms with Crippen LogP contribution in [0, 0.1) is 12.8 Å². The molecule has 0 aromatic heterocycles. The van der Waals surface area contributed by atoms with E-state index >= 15 is 0 Å². The Bertz CT molecular complexity index is 627. The molecule has 1 unspecified atom stereocenters. The topological polar surface area (TPSA) is 20.2 Å². The third-order valence-corrected chi connectivity index (χ3v) is 6.72. The molecule has 0 bridgehead atoms. The minimum absolute atomic E-state index is 0.0462. The number of phenolic OH excluding ortho intramolecular Hbond substituents is 1. The van der Waals surface area contributed by atoms with Gasteiger partial charge in [-0.1, -0.05) is 119 Å². The van der Waals surface area contributed by atoms with Gasteiger partial charge in [0, 0.05) is 5.56 Å². The van der Waals surface area contributed by atoms with E-state index in [0.29, 0.717) is 5.75 Å². The summed E-state index contributed by atoms with van der Waals surface area (Å²) in [5, 5.41) is 11.1. The summed E-state index contributed by atoms with van der Waals surface area (Å²) in [6, 6.07) is 2.31. The lowest BCUT2D eigenvalue weighted by Crippen LogP contribution is -2.20. The van der Waals surface area contributed by atoms with E-state index in [-0.39, 0.29) is 10.8 Å². The third-order valence-electron chi connectivity index (χ3n) is 6.72. The van der Waals surface area contributed by atoms with Gasteiger partial charge in [-0.2, -0.15) is 0 Å². The van der Waals surface area contributed by atoms with Crippen molar-refractivity contribution in [1.82, 2.24) is 0 Å². The second-order valence-electron chi connectivity index (χ2n) is 11.7. The van der Waals surface area contributed by atoms with Crippen LogP contribution in [-0.2, 0) is 17.3 Å². The summed E-state index contributed by atoms with van der Waals surface area (Å²) in [6.45, 7) is 20.1. The lowest BCUT2D eigenvalue weighted by atomic mass is 9.75. The highest BCUT2D eigenvalue weighted by Crippen LogP contribution is 2.42. The zero-order chi connectivity index (χ0) is 22.9. The van der Waals surface area contributed by atoms with E-state index in [1.165, 1.54) is 75.3 Å². The molecule has 0 saturated heterocycles. The molecule has 0 aliphatic heterocycles. The van der Waals surface area contributed by atoms with Gasteiger partial charge in [0.1, 0.15) is 5.75 Å². The highest BCUT2D eigenvalue weighted by atomic mass is 16.3. The van der Waals surface area contributed by atoms with Gasteiger partial charge in [0.05, 0.1) is 0 Å². The average molecular weight is 417 g/mol. The summed E-state index contributed by atoms with van der Waals surface area (Å²) in [6.07, 6.45) is 14.8. The fourth-order valence-electron chi connectivity index (χ4n) is 4.94. The second-order valence-corrected chi connectivity index (χ2v) is 11.7. The Labute approximate surface area is 189 Å². The summed E-state index contributed by atoms with van der Waals surface area (Å²) in [5.41, 5.74) is 4.91. The molecular weight excluding hydrogens is 364 g/mol. The first kappa shape index (κ1) is 27.1. The molecule has 0 heterocycles. The maximum Gasteiger partial charge on any atom is 0.123 e. The van der Waals surface area contributed by atoms with E-state index in [0.717, 1.165) is 23.5 Å². The minimum Gasteiger partial charge on any atom is -0.507 e. The zero-order valence-corrected chi connectivity index (χ0v) is 21.9. The van der Waals surface area contributed by atoms with E-state index in [4.69, 9.17) is 0 Å². The van der Waals surface area contributed by atoms with Crippen LogP contribution >= 0.6 is 0 Å². The van der Waals surface area contributed by atoms with Crippen molar-refractivity contribution in [3.8, 4) is 5.75 Å². The van der Waals surface area contributed by atoms with Gasteiger partial charge >= 0.3 is 0 Å². The summed E-state index contributed by atoms with van der Waals surface area (Å²) in [4.78, 5) is 0. The predicted octanol–water partition coefficient (Wildman–Crippen LogP) is 9.40. The molecule has 0 amide bonds. The van der Waals surface area contributed by atoms with E-state index in [9.17, 15) is 5.11 Å². The van der Waals surface area contributed by atoms with E-state index in [1.54, 1.807) is 0 Å². The molecule has 0 aliphatic rings. The molecule has 1 heteroatoms. The molecule has 174 valence electrons. The molecule has 0 radical (unpaired) electrons. The average Bonchev–Trinajstić information content (AvgIpc) is 2.62. The maximum absolute atomic E-state index is 11.1. The summed E-state index contributed by atoms with van der Waals surface area (Å²) in [7, 11) is 0. The van der Waals surface area contributed by atoms with E-state index in [1.807, 2.05) is 0 Å². The van der Waals surface area contributed by atoms with Crippen molar-refractivity contribution in [2.24, 2.45) is 5.92 Å². The minimum atomic E-state index is -0.0485. The van der Waals surface area contributed by atoms with Crippen LogP contribution in [0.5, 0.6) is 5.75 Å². The van der Waals surface area contributed by atoms with Crippen LogP contribution in [0.4, 0.5) is 0 Å². The number of phenols is 1. The predicted molar refractivity (Wildman–Crippen MR) is 135 cm³/mol. The normalized spacial score (nSPS) is 13.6. The highest BCUT2D eigenvalue weighted by molar-refractivity contribution is 5.54. The number of hydrogen-bond donors (Lipinski definition) is 1. The Balaban J connectivity index is 2.97. The Hall–Kier alpha value is -0.980. The largest absolute Gasteiger partial charge is 0.507 e. The first-order valence-electron chi connectivity index (χ1n) is 12.8. The smallest absolute Gasteiger partial charge is 0.123 e. The SMILES string of the molecule is CCCCCCC(CCCC)CCCc1cc(C(C)(C)C)c(O)c(C(C)(C)C)c1C. The summed E-state index contributed by atoms with van der Waals surface area (Å²) >= 11 is 0. The Morgan fingerprint density at radius 1 is 0.767 bits per heavy atom. The van der Waals surface area contributed by atoms with Gasteiger partial charge in [0.25, 0.3) is 0 Å². The van der Waals surface area contributed by atoms with Crippen LogP contribution in [0.1, 0.15) is 142 Å². The summed E-state index contributed by atoms with van der Waals surface area (Å²) < 4.78 is 0. The van der Waals surface area contributed by atoms with Crippen molar-refractivity contribution in [2.45, 2.75) is 144 Å². The fraction of sp³-hybridized carbons (Fsp3) is 0.793. The van der Waals surface area contributed by atoms with Crippen LogP contribution in [0.15, 0.2) is 6.07 Å². The molecule has 1 aromatic carbocycles. The maximum atomic E-state index is 11.1. The summed E-state index contributed by atoms with van der Waals surface area (Å²) in [5.74, 6) is 1.41. The van der Waals surface area contributed by atoms with Crippen LogP contribution in [0.3, 0.4) is 0 Å². The van der Waals surface area contributed by atoms with Crippen molar-refractivity contribution < 1.29 is 5.11 Å². The first-order chi connectivity index (χ1) is 13.9. The molecule has 0 aliphatic carbocycles. The first-order valence-corrected chi connectivity index (χ1v) is 12.8. The highest BCUT2D eigenvalue weighted by Gasteiger charge is 2.28. The van der Waals surface area contributed by atoms with Crippen LogP contribution in [-0.4, -0.2) is 5.11 Å². The molecule has 1 atom stereocenters. The molecule has 0 fully saturated rings. The number of benzene rings is 1. The van der Waals surface area contributed by atoms with Gasteiger partial charge < -0.3 is 5.11 Å². The fourth-order valence-corrected chi connectivity index (χ4v) is 4.94. The number of hydrogen-bond acceptors (Lipinski definition) is 1.